The smallest absolute Gasteiger partial charge is 0.486 e. The summed E-state index contributed by atoms with van der Waals surface area (Å²) >= 11 is 0. The van der Waals surface area contributed by atoms with Crippen LogP contribution in [0, 0.1) is 6.92 Å². The molecule has 10 aromatic rings. The summed E-state index contributed by atoms with van der Waals surface area (Å²) in [6.07, 6.45) is -17.2. The molecule has 0 spiro atoms. The second-order valence-corrected chi connectivity index (χ2v) is 17.4. The number of hydrogen-bond acceptors (Lipinski definition) is 11. The van der Waals surface area contributed by atoms with Gasteiger partial charge in [0.05, 0.1) is 0 Å². The first-order valence-electron chi connectivity index (χ1n) is 34.2. The van der Waals surface area contributed by atoms with Crippen molar-refractivity contribution in [2.45, 2.75) is 163 Å². The lowest BCUT2D eigenvalue weighted by atomic mass is 10.1. The summed E-state index contributed by atoms with van der Waals surface area (Å²) in [5, 5.41) is 3.09. The molecule has 6 heterocycles. The molecular formula is C81H102F10O11. The van der Waals surface area contributed by atoms with Crippen LogP contribution in [0.1, 0.15) is 136 Å². The quantitative estimate of drug-likeness (QED) is 0.136. The Balaban J connectivity index is 0. The molecule has 21 heteroatoms. The molecule has 0 N–H and O–H groups in total. The number of fused-ring (bicyclic) bond motifs is 7. The third-order valence-electron chi connectivity index (χ3n) is 11.3. The van der Waals surface area contributed by atoms with Crippen LogP contribution in [-0.2, 0) is 6.18 Å². The first-order valence-corrected chi connectivity index (χ1v) is 34.2. The van der Waals surface area contributed by atoms with Crippen molar-refractivity contribution in [2.24, 2.45) is 0 Å². The number of para-hydroxylation sites is 11. The molecule has 0 fully saturated rings. The molecule has 0 saturated carbocycles. The summed E-state index contributed by atoms with van der Waals surface area (Å²) in [7, 11) is 0. The van der Waals surface area contributed by atoms with Crippen molar-refractivity contribution < 1.29 is 95.7 Å². The van der Waals surface area contributed by atoms with Gasteiger partial charge in [-0.05, 0) is 90.5 Å². The molecule has 5 aliphatic heterocycles. The average molecular weight is 1440 g/mol. The van der Waals surface area contributed by atoms with Gasteiger partial charge < -0.3 is 51.8 Å². The van der Waals surface area contributed by atoms with Gasteiger partial charge in [0.2, 0.25) is 12.6 Å². The van der Waals surface area contributed by atoms with E-state index in [2.05, 4.69) is 100 Å². The van der Waals surface area contributed by atoms with E-state index in [4.69, 9.17) is 18.9 Å². The average Bonchev–Trinajstić information content (AvgIpc) is 1.22. The Kier molecular flexibility index (Phi) is 49.8. The van der Waals surface area contributed by atoms with E-state index in [9.17, 15) is 43.9 Å². The lowest BCUT2D eigenvalue weighted by Gasteiger charge is -2.31. The first-order chi connectivity index (χ1) is 49.3. The van der Waals surface area contributed by atoms with Crippen molar-refractivity contribution in [1.29, 1.82) is 0 Å². The lowest BCUT2D eigenvalue weighted by Crippen LogP contribution is -2.52. The highest BCUT2D eigenvalue weighted by molar-refractivity contribution is 5.82. The molecule has 0 saturated heterocycles. The van der Waals surface area contributed by atoms with Gasteiger partial charge in [-0.25, -0.2) is 0 Å². The number of halogens is 10. The molecule has 5 aliphatic rings. The van der Waals surface area contributed by atoms with Crippen LogP contribution in [0.4, 0.5) is 43.9 Å². The van der Waals surface area contributed by atoms with Gasteiger partial charge in [0, 0.05) is 5.39 Å². The largest absolute Gasteiger partial charge is 0.586 e. The molecule has 0 unspecified atom stereocenters. The normalized spacial score (nSPS) is 12.8. The van der Waals surface area contributed by atoms with Crippen molar-refractivity contribution in [2.75, 3.05) is 20.0 Å². The molecule has 0 aliphatic carbocycles. The molecule has 9 aromatic carbocycles. The Morgan fingerprint density at radius 1 is 0.314 bits per heavy atom. The van der Waals surface area contributed by atoms with Gasteiger partial charge in [-0.15, -0.1) is 8.78 Å². The van der Waals surface area contributed by atoms with Crippen LogP contribution >= 0.6 is 0 Å². The van der Waals surface area contributed by atoms with Gasteiger partial charge in [0.1, 0.15) is 18.8 Å². The highest BCUT2D eigenvalue weighted by Crippen LogP contribution is 2.47. The molecule has 15 rings (SSSR count). The van der Waals surface area contributed by atoms with Crippen LogP contribution in [0.25, 0.3) is 21.7 Å². The molecule has 0 atom stereocenters. The van der Waals surface area contributed by atoms with Crippen LogP contribution in [0.5, 0.6) is 57.5 Å². The molecule has 0 amide bonds. The summed E-state index contributed by atoms with van der Waals surface area (Å²) in [6, 6.07) is 67.6. The van der Waals surface area contributed by atoms with E-state index in [1.54, 1.807) is 54.6 Å². The fourth-order valence-electron chi connectivity index (χ4n) is 7.40. The summed E-state index contributed by atoms with van der Waals surface area (Å²) < 4.78 is 174. The number of furan rings is 1. The Morgan fingerprint density at radius 3 is 0.882 bits per heavy atom. The van der Waals surface area contributed by atoms with Crippen molar-refractivity contribution in [3.05, 3.63) is 242 Å². The van der Waals surface area contributed by atoms with E-state index in [0.29, 0.717) is 36.9 Å². The minimum atomic E-state index is -4.64. The number of rotatable bonds is 0. The number of aryl methyl sites for hydroxylation is 1. The van der Waals surface area contributed by atoms with Crippen LogP contribution < -0.4 is 47.4 Å². The fraction of sp³-hybridized carbons (Fsp3) is 0.333. The van der Waals surface area contributed by atoms with Gasteiger partial charge in [-0.1, -0.05) is 288 Å². The first kappa shape index (κ1) is 94.1. The van der Waals surface area contributed by atoms with E-state index in [1.807, 2.05) is 191 Å². The van der Waals surface area contributed by atoms with Gasteiger partial charge in [-0.2, -0.15) is 35.1 Å². The van der Waals surface area contributed by atoms with Gasteiger partial charge in [-0.3, -0.25) is 0 Å². The van der Waals surface area contributed by atoms with E-state index in [-0.39, 0.29) is 17.1 Å². The van der Waals surface area contributed by atoms with E-state index in [0.717, 1.165) is 41.2 Å². The Hall–Kier alpha value is -9.92. The predicted octanol–water partition coefficient (Wildman–Crippen LogP) is 26.8. The summed E-state index contributed by atoms with van der Waals surface area (Å²) in [5.74, 6) is 2.75. The summed E-state index contributed by atoms with van der Waals surface area (Å²) in [4.78, 5) is 0. The zero-order valence-corrected chi connectivity index (χ0v) is 61.9. The molecule has 562 valence electrons. The van der Waals surface area contributed by atoms with Crippen molar-refractivity contribution in [3.63, 3.8) is 0 Å². The van der Waals surface area contributed by atoms with Crippen molar-refractivity contribution >= 4 is 21.7 Å². The molecule has 0 bridgehead atoms. The minimum absolute atomic E-state index is 0.0810. The van der Waals surface area contributed by atoms with Gasteiger partial charge >= 0.3 is 31.2 Å². The van der Waals surface area contributed by atoms with Crippen LogP contribution in [0.15, 0.2) is 235 Å². The fourth-order valence-corrected chi connectivity index (χ4v) is 7.40. The maximum atomic E-state index is 12.6. The second-order valence-electron chi connectivity index (χ2n) is 17.4. The molecule has 1 aromatic heterocycles. The van der Waals surface area contributed by atoms with Crippen molar-refractivity contribution in [3.8, 4) is 57.5 Å². The van der Waals surface area contributed by atoms with Crippen LogP contribution in [-0.4, -0.2) is 45.1 Å². The van der Waals surface area contributed by atoms with Crippen LogP contribution in [0.3, 0.4) is 0 Å². The highest BCUT2D eigenvalue weighted by Gasteiger charge is 2.65. The Labute approximate surface area is 597 Å². The number of alkyl halides is 10. The molecule has 0 radical (unpaired) electrons. The van der Waals surface area contributed by atoms with Crippen LogP contribution in [0.2, 0.25) is 0 Å². The standard InChI is InChI=1S/C10H8.C9H5F3O.C8H4F4O2.C8H8O2.C7H4F2O2.C7H5FO2.C7H6O2.C7H8.9C2H6/c1-2-6-10-8-4-3-7-9(10)5-1;10-9(11,12)8-5-6-3-1-2-4-7(6)13-8;9-7(10)8(11,12)14-6-4-2-1-3-5(6)13-7;1-2-4-8-7(3-1)9-5-6-10-8;8-7(9)10-5-3-1-2-4-6(5)11-7;8-7-9-5-3-1-2-4-6(5)10-7;1-2-4-7-6(3-1)8-5-9-7;1-7-5-3-2-4-6-7;9*1-2/h1-8H;1-5H;1-4H;1-4H,5-6H2;1-4H;1-4,7H;1-4H,5H2;2-6H,1H3;9*1-2H3. The number of hydrogen-bond donors (Lipinski definition) is 0. The van der Waals surface area contributed by atoms with Crippen molar-refractivity contribution in [1.82, 2.24) is 0 Å². The monoisotopic (exact) mass is 1440 g/mol. The maximum absolute atomic E-state index is 12.6. The van der Waals surface area contributed by atoms with E-state index < -0.39 is 48.5 Å². The Morgan fingerprint density at radius 2 is 0.578 bits per heavy atom. The minimum Gasteiger partial charge on any atom is -0.486 e. The zero-order valence-electron chi connectivity index (χ0n) is 61.9. The topological polar surface area (TPSA) is 105 Å². The second kappa shape index (κ2) is 53.9. The lowest BCUT2D eigenvalue weighted by molar-refractivity contribution is -0.391. The molecular weight excluding hydrogens is 1340 g/mol. The third-order valence-corrected chi connectivity index (χ3v) is 11.3. The summed E-state index contributed by atoms with van der Waals surface area (Å²) in [6.45, 7) is 38.1. The van der Waals surface area contributed by atoms with E-state index >= 15 is 0 Å². The summed E-state index contributed by atoms with van der Waals surface area (Å²) in [5.41, 5.74) is 1.58. The van der Waals surface area contributed by atoms with Gasteiger partial charge in [0.25, 0.3) is 0 Å². The molecule has 11 nitrogen and oxygen atoms in total. The van der Waals surface area contributed by atoms with Gasteiger partial charge in [0.15, 0.2) is 57.5 Å². The third kappa shape index (κ3) is 33.5. The zero-order chi connectivity index (χ0) is 77.6. The predicted molar refractivity (Wildman–Crippen MR) is 391 cm³/mol. The Bertz CT molecular complexity index is 3450. The number of benzene rings is 9. The van der Waals surface area contributed by atoms with E-state index in [1.165, 1.54) is 46.7 Å². The molecule has 102 heavy (non-hydrogen) atoms. The number of ether oxygens (including phenoxy) is 10. The highest BCUT2D eigenvalue weighted by atomic mass is 19.4. The maximum Gasteiger partial charge on any atom is 0.586 e. The SMILES string of the molecule is CC.CC.CC.CC.CC.CC.CC.CC.CC.Cc1ccccc1.FC(F)(F)c1cc2ccccc2o1.FC1(F)Oc2ccccc2O1.FC1(F)Oc2ccccc2OC1(F)F.FC1Oc2ccccc2O1.c1ccc2c(c1)OCCO2.c1ccc2c(c1)OCO2.c1ccc2ccccc2c1.